The maximum atomic E-state index is 8.99. The highest BCUT2D eigenvalue weighted by atomic mass is 16.7. The Labute approximate surface area is 77.8 Å². The minimum Gasteiger partial charge on any atom is -0.393 e. The largest absolute Gasteiger partial charge is 0.393 e. The molecule has 4 nitrogen and oxygen atoms in total. The van der Waals surface area contributed by atoms with Crippen LogP contribution in [-0.2, 0) is 14.2 Å². The van der Waals surface area contributed by atoms with Crippen molar-refractivity contribution in [2.24, 2.45) is 0 Å². The number of hydrogen-bond acceptors (Lipinski definition) is 4. The third-order valence-corrected chi connectivity index (χ3v) is 2.80. The summed E-state index contributed by atoms with van der Waals surface area (Å²) in [4.78, 5) is 0. The quantitative estimate of drug-likeness (QED) is 0.647. The van der Waals surface area contributed by atoms with E-state index >= 15 is 0 Å². The van der Waals surface area contributed by atoms with Crippen LogP contribution in [0.3, 0.4) is 0 Å². The molecule has 76 valence electrons. The van der Waals surface area contributed by atoms with Gasteiger partial charge in [-0.05, 0) is 13.8 Å². The standard InChI is InChI=1S/C9H16O4/c1-8(6-10)7(13-8)5-9(2)11-3-4-12-9/h7,10H,3-6H2,1-2H3/t7-,8?/m1/s1. The molecule has 0 aliphatic carbocycles. The predicted octanol–water partition coefficient (Wildman–Crippen LogP) is 0.289. The van der Waals surface area contributed by atoms with Crippen molar-refractivity contribution in [3.63, 3.8) is 0 Å². The van der Waals surface area contributed by atoms with Gasteiger partial charge in [-0.2, -0.15) is 0 Å². The summed E-state index contributed by atoms with van der Waals surface area (Å²) in [6, 6.07) is 0. The smallest absolute Gasteiger partial charge is 0.168 e. The highest BCUT2D eigenvalue weighted by Crippen LogP contribution is 2.42. The van der Waals surface area contributed by atoms with Crippen molar-refractivity contribution in [1.82, 2.24) is 0 Å². The van der Waals surface area contributed by atoms with Crippen LogP contribution in [0.4, 0.5) is 0 Å². The molecule has 2 aliphatic rings. The molecule has 2 saturated heterocycles. The SMILES string of the molecule is CC1(C[C@H]2OC2(C)CO)OCCO1. The molecule has 2 fully saturated rings. The topological polar surface area (TPSA) is 51.2 Å². The maximum Gasteiger partial charge on any atom is 0.168 e. The average molecular weight is 188 g/mol. The molecule has 13 heavy (non-hydrogen) atoms. The molecule has 2 heterocycles. The van der Waals surface area contributed by atoms with E-state index in [0.29, 0.717) is 19.6 Å². The Bertz CT molecular complexity index is 200. The zero-order valence-corrected chi connectivity index (χ0v) is 8.08. The van der Waals surface area contributed by atoms with Gasteiger partial charge in [-0.3, -0.25) is 0 Å². The van der Waals surface area contributed by atoms with Crippen molar-refractivity contribution in [3.8, 4) is 0 Å². The number of rotatable bonds is 3. The lowest BCUT2D eigenvalue weighted by atomic mass is 10.0. The van der Waals surface area contributed by atoms with Gasteiger partial charge in [-0.15, -0.1) is 0 Å². The first-order valence-corrected chi connectivity index (χ1v) is 4.65. The third-order valence-electron chi connectivity index (χ3n) is 2.80. The second-order valence-electron chi connectivity index (χ2n) is 4.11. The van der Waals surface area contributed by atoms with E-state index in [1.54, 1.807) is 0 Å². The Morgan fingerprint density at radius 1 is 1.31 bits per heavy atom. The highest BCUT2D eigenvalue weighted by Gasteiger charge is 2.55. The fourth-order valence-corrected chi connectivity index (χ4v) is 1.70. The number of aliphatic hydroxyl groups is 1. The Kier molecular flexibility index (Phi) is 2.11. The van der Waals surface area contributed by atoms with Gasteiger partial charge in [0.15, 0.2) is 5.79 Å². The third kappa shape index (κ3) is 1.72. The summed E-state index contributed by atoms with van der Waals surface area (Å²) in [5.74, 6) is -0.502. The zero-order valence-electron chi connectivity index (χ0n) is 8.08. The first-order valence-electron chi connectivity index (χ1n) is 4.65. The molecule has 4 heteroatoms. The summed E-state index contributed by atoms with van der Waals surface area (Å²) in [5, 5.41) is 8.99. The van der Waals surface area contributed by atoms with Gasteiger partial charge in [-0.25, -0.2) is 0 Å². The minimum absolute atomic E-state index is 0.0632. The van der Waals surface area contributed by atoms with Crippen LogP contribution in [-0.4, -0.2) is 42.4 Å². The lowest BCUT2D eigenvalue weighted by Crippen LogP contribution is -2.30. The summed E-state index contributed by atoms with van der Waals surface area (Å²) in [6.45, 7) is 5.18. The maximum absolute atomic E-state index is 8.99. The molecule has 1 N–H and O–H groups in total. The van der Waals surface area contributed by atoms with E-state index in [0.717, 1.165) is 0 Å². The van der Waals surface area contributed by atoms with E-state index in [-0.39, 0.29) is 18.3 Å². The predicted molar refractivity (Wildman–Crippen MR) is 45.3 cm³/mol. The first-order chi connectivity index (χ1) is 6.08. The van der Waals surface area contributed by atoms with Crippen LogP contribution in [0.2, 0.25) is 0 Å². The highest BCUT2D eigenvalue weighted by molar-refractivity contribution is 5.00. The molecular formula is C9H16O4. The molecule has 0 aromatic rings. The van der Waals surface area contributed by atoms with Gasteiger partial charge in [0.2, 0.25) is 0 Å². The van der Waals surface area contributed by atoms with Gasteiger partial charge in [0.25, 0.3) is 0 Å². The number of epoxide rings is 1. The molecule has 0 radical (unpaired) electrons. The van der Waals surface area contributed by atoms with Crippen LogP contribution >= 0.6 is 0 Å². The van der Waals surface area contributed by atoms with Crippen molar-refractivity contribution in [3.05, 3.63) is 0 Å². The first kappa shape index (κ1) is 9.40. The Morgan fingerprint density at radius 3 is 2.38 bits per heavy atom. The molecule has 0 saturated carbocycles. The van der Waals surface area contributed by atoms with E-state index in [1.165, 1.54) is 0 Å². The number of aliphatic hydroxyl groups excluding tert-OH is 1. The molecular weight excluding hydrogens is 172 g/mol. The van der Waals surface area contributed by atoms with Gasteiger partial charge in [0, 0.05) is 6.42 Å². The molecule has 0 amide bonds. The van der Waals surface area contributed by atoms with Crippen molar-refractivity contribution in [2.45, 2.75) is 37.8 Å². The van der Waals surface area contributed by atoms with Gasteiger partial charge < -0.3 is 19.3 Å². The van der Waals surface area contributed by atoms with Crippen molar-refractivity contribution >= 4 is 0 Å². The van der Waals surface area contributed by atoms with Crippen LogP contribution in [0.1, 0.15) is 20.3 Å². The Morgan fingerprint density at radius 2 is 1.92 bits per heavy atom. The summed E-state index contributed by atoms with van der Waals surface area (Å²) in [7, 11) is 0. The minimum atomic E-state index is -0.502. The Balaban J connectivity index is 1.86. The molecule has 0 bridgehead atoms. The summed E-state index contributed by atoms with van der Waals surface area (Å²) >= 11 is 0. The normalized spacial score (nSPS) is 42.2. The van der Waals surface area contributed by atoms with Crippen LogP contribution in [0, 0.1) is 0 Å². The van der Waals surface area contributed by atoms with Crippen LogP contribution in [0.25, 0.3) is 0 Å². The molecule has 2 atom stereocenters. The second-order valence-corrected chi connectivity index (χ2v) is 4.11. The summed E-state index contributed by atoms with van der Waals surface area (Å²) < 4.78 is 16.3. The van der Waals surface area contributed by atoms with Crippen LogP contribution in [0.5, 0.6) is 0 Å². The Hall–Kier alpha value is -0.160. The number of hydrogen-bond donors (Lipinski definition) is 1. The van der Waals surface area contributed by atoms with Crippen LogP contribution < -0.4 is 0 Å². The fourth-order valence-electron chi connectivity index (χ4n) is 1.70. The lowest BCUT2D eigenvalue weighted by Gasteiger charge is -2.21. The average Bonchev–Trinajstić information content (AvgIpc) is 2.54. The van der Waals surface area contributed by atoms with E-state index in [1.807, 2.05) is 13.8 Å². The van der Waals surface area contributed by atoms with Crippen molar-refractivity contribution < 1.29 is 19.3 Å². The summed E-state index contributed by atoms with van der Waals surface area (Å²) in [5.41, 5.74) is -0.363. The molecule has 1 unspecified atom stereocenters. The van der Waals surface area contributed by atoms with E-state index < -0.39 is 5.79 Å². The van der Waals surface area contributed by atoms with Gasteiger partial charge >= 0.3 is 0 Å². The zero-order chi connectivity index (χ0) is 9.53. The molecule has 0 spiro atoms. The molecule has 0 aromatic carbocycles. The second kappa shape index (κ2) is 2.92. The summed E-state index contributed by atoms with van der Waals surface area (Å²) in [6.07, 6.45) is 0.768. The fraction of sp³-hybridized carbons (Fsp3) is 1.00. The van der Waals surface area contributed by atoms with Gasteiger partial charge in [-0.1, -0.05) is 0 Å². The monoisotopic (exact) mass is 188 g/mol. The van der Waals surface area contributed by atoms with E-state index in [4.69, 9.17) is 19.3 Å². The van der Waals surface area contributed by atoms with E-state index in [2.05, 4.69) is 0 Å². The number of ether oxygens (including phenoxy) is 3. The van der Waals surface area contributed by atoms with Crippen molar-refractivity contribution in [2.75, 3.05) is 19.8 Å². The van der Waals surface area contributed by atoms with Gasteiger partial charge in [0.1, 0.15) is 5.60 Å². The van der Waals surface area contributed by atoms with Crippen molar-refractivity contribution in [1.29, 1.82) is 0 Å². The van der Waals surface area contributed by atoms with E-state index in [9.17, 15) is 0 Å². The lowest BCUT2D eigenvalue weighted by molar-refractivity contribution is -0.149. The molecule has 0 aromatic heterocycles. The molecule has 2 aliphatic heterocycles. The molecule has 2 rings (SSSR count). The van der Waals surface area contributed by atoms with Crippen LogP contribution in [0.15, 0.2) is 0 Å². The van der Waals surface area contributed by atoms with Gasteiger partial charge in [0.05, 0.1) is 25.9 Å².